The van der Waals surface area contributed by atoms with Crippen molar-refractivity contribution in [3.05, 3.63) is 106 Å². The molecule has 0 aliphatic heterocycles. The van der Waals surface area contributed by atoms with E-state index in [-0.39, 0.29) is 41.3 Å². The van der Waals surface area contributed by atoms with Gasteiger partial charge < -0.3 is 16.0 Å². The van der Waals surface area contributed by atoms with E-state index in [4.69, 9.17) is 0 Å². The smallest absolute Gasteiger partial charge is 0.234 e. The molecule has 3 N–H and O–H groups in total. The van der Waals surface area contributed by atoms with Gasteiger partial charge in [0.15, 0.2) is 0 Å². The highest BCUT2D eigenvalue weighted by Crippen LogP contribution is 2.39. The van der Waals surface area contributed by atoms with Gasteiger partial charge in [-0.25, -0.2) is 8.78 Å². The third-order valence-electron chi connectivity index (χ3n) is 7.96. The Bertz CT molecular complexity index is 1250. The van der Waals surface area contributed by atoms with Gasteiger partial charge in [0, 0.05) is 16.4 Å². The quantitative estimate of drug-likeness (QED) is 0.264. The minimum absolute atomic E-state index is 0.0178. The Kier molecular flexibility index (Phi) is 9.27. The molecule has 3 aromatic carbocycles. The van der Waals surface area contributed by atoms with Crippen LogP contribution in [0.4, 0.5) is 8.78 Å². The lowest BCUT2D eigenvalue weighted by Crippen LogP contribution is -2.46. The number of nitrogens with one attached hydrogen (secondary N) is 3. The van der Waals surface area contributed by atoms with Gasteiger partial charge in [0.1, 0.15) is 11.6 Å². The van der Waals surface area contributed by atoms with Crippen LogP contribution in [-0.2, 0) is 9.59 Å². The summed E-state index contributed by atoms with van der Waals surface area (Å²) >= 11 is 3.49. The van der Waals surface area contributed by atoms with E-state index in [0.717, 1.165) is 16.6 Å². The Morgan fingerprint density at radius 2 is 1.43 bits per heavy atom. The van der Waals surface area contributed by atoms with Gasteiger partial charge in [-0.15, -0.1) is 0 Å². The van der Waals surface area contributed by atoms with E-state index < -0.39 is 6.04 Å². The maximum absolute atomic E-state index is 13.9. The van der Waals surface area contributed by atoms with Gasteiger partial charge in [-0.1, -0.05) is 52.3 Å². The van der Waals surface area contributed by atoms with Crippen LogP contribution in [-0.4, -0.2) is 30.9 Å². The number of amides is 2. The molecule has 2 amide bonds. The standard InChI is InChI=1S/C32H34BrF2N3O2/c33-24-9-3-21(4-10-24)29-17-27(37-30(39)19-36-18-20-1-2-20)15-16-28(29)32(40)38-31(22-5-11-25(34)12-6-22)23-7-13-26(35)14-8-23/h3-14,20,27-29,31,36H,1-2,15-19H2,(H,37,39)(H,38,40)/t27-,28-,29+/m1/s1. The highest BCUT2D eigenvalue weighted by molar-refractivity contribution is 9.10. The summed E-state index contributed by atoms with van der Waals surface area (Å²) in [6.07, 6.45) is 4.41. The summed E-state index contributed by atoms with van der Waals surface area (Å²) < 4.78 is 28.3. The minimum atomic E-state index is -0.561. The zero-order valence-electron chi connectivity index (χ0n) is 22.2. The van der Waals surface area contributed by atoms with Crippen LogP contribution in [0.1, 0.15) is 60.8 Å². The average molecular weight is 611 g/mol. The minimum Gasteiger partial charge on any atom is -0.352 e. The Labute approximate surface area is 242 Å². The van der Waals surface area contributed by atoms with Crippen LogP contribution in [0.15, 0.2) is 77.3 Å². The molecule has 0 bridgehead atoms. The third-order valence-corrected chi connectivity index (χ3v) is 8.49. The van der Waals surface area contributed by atoms with E-state index in [1.54, 1.807) is 24.3 Å². The van der Waals surface area contributed by atoms with Crippen LogP contribution in [0.25, 0.3) is 0 Å². The molecule has 3 aromatic rings. The molecule has 40 heavy (non-hydrogen) atoms. The van der Waals surface area contributed by atoms with Crippen molar-refractivity contribution in [3.63, 3.8) is 0 Å². The lowest BCUT2D eigenvalue weighted by molar-refractivity contribution is -0.127. The van der Waals surface area contributed by atoms with Crippen LogP contribution >= 0.6 is 15.9 Å². The van der Waals surface area contributed by atoms with Gasteiger partial charge in [0.2, 0.25) is 11.8 Å². The molecule has 0 saturated heterocycles. The van der Waals surface area contributed by atoms with E-state index in [1.807, 2.05) is 24.3 Å². The molecule has 0 heterocycles. The Morgan fingerprint density at radius 3 is 2.00 bits per heavy atom. The van der Waals surface area contributed by atoms with E-state index >= 15 is 0 Å². The SMILES string of the molecule is O=C(CNCC1CC1)N[C@@H]1CC[C@@H](C(=O)NC(c2ccc(F)cc2)c2ccc(F)cc2)[C@H](c2ccc(Br)cc2)C1. The monoisotopic (exact) mass is 609 g/mol. The molecular formula is C32H34BrF2N3O2. The summed E-state index contributed by atoms with van der Waals surface area (Å²) in [5, 5.41) is 9.60. The molecular weight excluding hydrogens is 576 g/mol. The first-order valence-electron chi connectivity index (χ1n) is 13.9. The van der Waals surface area contributed by atoms with Crippen LogP contribution in [0.5, 0.6) is 0 Å². The van der Waals surface area contributed by atoms with Crippen LogP contribution in [0.2, 0.25) is 0 Å². The highest BCUT2D eigenvalue weighted by Gasteiger charge is 2.37. The maximum Gasteiger partial charge on any atom is 0.234 e. The van der Waals surface area contributed by atoms with Gasteiger partial charge in [-0.05, 0) is 104 Å². The molecule has 0 spiro atoms. The number of carbonyl (C=O) groups is 2. The molecule has 5 rings (SSSR count). The summed E-state index contributed by atoms with van der Waals surface area (Å²) in [7, 11) is 0. The molecule has 210 valence electrons. The summed E-state index contributed by atoms with van der Waals surface area (Å²) in [5.74, 6) is -0.604. The van der Waals surface area contributed by atoms with Gasteiger partial charge >= 0.3 is 0 Å². The van der Waals surface area contributed by atoms with Crippen LogP contribution in [0, 0.1) is 23.5 Å². The molecule has 0 aromatic heterocycles. The van der Waals surface area contributed by atoms with Crippen molar-refractivity contribution in [1.82, 2.24) is 16.0 Å². The topological polar surface area (TPSA) is 70.2 Å². The Balaban J connectivity index is 1.33. The fourth-order valence-electron chi connectivity index (χ4n) is 5.60. The van der Waals surface area contributed by atoms with Crippen molar-refractivity contribution in [2.24, 2.45) is 11.8 Å². The van der Waals surface area contributed by atoms with E-state index in [1.165, 1.54) is 37.1 Å². The number of rotatable bonds is 10. The van der Waals surface area contributed by atoms with E-state index in [9.17, 15) is 18.4 Å². The van der Waals surface area contributed by atoms with Crippen molar-refractivity contribution in [3.8, 4) is 0 Å². The number of carbonyl (C=O) groups excluding carboxylic acids is 2. The van der Waals surface area contributed by atoms with Crippen molar-refractivity contribution in [2.75, 3.05) is 13.1 Å². The highest BCUT2D eigenvalue weighted by atomic mass is 79.9. The summed E-state index contributed by atoms with van der Waals surface area (Å²) in [6.45, 7) is 1.18. The molecule has 2 fully saturated rings. The van der Waals surface area contributed by atoms with Crippen molar-refractivity contribution < 1.29 is 18.4 Å². The zero-order chi connectivity index (χ0) is 28.1. The molecule has 2 saturated carbocycles. The van der Waals surface area contributed by atoms with Gasteiger partial charge in [-0.3, -0.25) is 9.59 Å². The van der Waals surface area contributed by atoms with Gasteiger partial charge in [0.25, 0.3) is 0 Å². The summed E-state index contributed by atoms with van der Waals surface area (Å²) in [5.41, 5.74) is 2.46. The second-order valence-electron chi connectivity index (χ2n) is 11.0. The van der Waals surface area contributed by atoms with E-state index in [2.05, 4.69) is 31.9 Å². The summed E-state index contributed by atoms with van der Waals surface area (Å²) in [4.78, 5) is 26.5. The zero-order valence-corrected chi connectivity index (χ0v) is 23.8. The Hall–Kier alpha value is -3.10. The van der Waals surface area contributed by atoms with Crippen LogP contribution < -0.4 is 16.0 Å². The average Bonchev–Trinajstić information content (AvgIpc) is 3.78. The predicted octanol–water partition coefficient (Wildman–Crippen LogP) is 6.00. The molecule has 2 aliphatic carbocycles. The first-order chi connectivity index (χ1) is 19.4. The van der Waals surface area contributed by atoms with Crippen molar-refractivity contribution in [2.45, 2.75) is 50.1 Å². The van der Waals surface area contributed by atoms with Crippen LogP contribution in [0.3, 0.4) is 0 Å². The number of hydrogen-bond donors (Lipinski definition) is 3. The largest absolute Gasteiger partial charge is 0.352 e. The number of hydrogen-bond acceptors (Lipinski definition) is 3. The molecule has 0 radical (unpaired) electrons. The third kappa shape index (κ3) is 7.55. The second-order valence-corrected chi connectivity index (χ2v) is 11.9. The summed E-state index contributed by atoms with van der Waals surface area (Å²) in [6, 6.07) is 19.4. The van der Waals surface area contributed by atoms with Crippen molar-refractivity contribution in [1.29, 1.82) is 0 Å². The molecule has 8 heteroatoms. The predicted molar refractivity (Wildman–Crippen MR) is 155 cm³/mol. The normalized spacial score (nSPS) is 20.8. The number of benzene rings is 3. The Morgan fingerprint density at radius 1 is 0.825 bits per heavy atom. The molecule has 2 aliphatic rings. The fourth-order valence-corrected chi connectivity index (χ4v) is 5.87. The molecule has 3 atom stereocenters. The lowest BCUT2D eigenvalue weighted by Gasteiger charge is -2.37. The fraction of sp³-hybridized carbons (Fsp3) is 0.375. The first-order valence-corrected chi connectivity index (χ1v) is 14.7. The lowest BCUT2D eigenvalue weighted by atomic mass is 9.73. The first kappa shape index (κ1) is 28.4. The number of halogens is 3. The van der Waals surface area contributed by atoms with Crippen molar-refractivity contribution >= 4 is 27.7 Å². The molecule has 5 nitrogen and oxygen atoms in total. The van der Waals surface area contributed by atoms with E-state index in [0.29, 0.717) is 42.9 Å². The van der Waals surface area contributed by atoms with Gasteiger partial charge in [-0.2, -0.15) is 0 Å². The second kappa shape index (κ2) is 13.0. The van der Waals surface area contributed by atoms with Gasteiger partial charge in [0.05, 0.1) is 12.6 Å². The maximum atomic E-state index is 13.9. The molecule has 0 unspecified atom stereocenters.